The molecule has 5 heteroatoms. The molecular formula is C21H15BrN2OS. The van der Waals surface area contributed by atoms with Crippen molar-refractivity contribution >= 4 is 49.1 Å². The van der Waals surface area contributed by atoms with Crippen LogP contribution in [-0.2, 0) is 11.2 Å². The molecule has 3 aromatic carbocycles. The maximum atomic E-state index is 12.3. The molecule has 0 saturated heterocycles. The molecule has 1 N–H and O–H groups in total. The highest BCUT2D eigenvalue weighted by atomic mass is 79.9. The average Bonchev–Trinajstić information content (AvgIpc) is 3.08. The lowest BCUT2D eigenvalue weighted by Gasteiger charge is -2.07. The van der Waals surface area contributed by atoms with E-state index >= 15 is 0 Å². The summed E-state index contributed by atoms with van der Waals surface area (Å²) in [6, 6.07) is 23.7. The van der Waals surface area contributed by atoms with Crippen LogP contribution in [0.4, 0.5) is 5.69 Å². The maximum Gasteiger partial charge on any atom is 0.228 e. The Morgan fingerprint density at radius 1 is 1.00 bits per heavy atom. The number of thiazole rings is 1. The fourth-order valence-corrected chi connectivity index (χ4v) is 3.94. The smallest absolute Gasteiger partial charge is 0.228 e. The summed E-state index contributed by atoms with van der Waals surface area (Å²) in [4.78, 5) is 17.0. The van der Waals surface area contributed by atoms with Crippen LogP contribution in [0.15, 0.2) is 77.3 Å². The third-order valence-corrected chi connectivity index (χ3v) is 5.58. The Morgan fingerprint density at radius 3 is 2.62 bits per heavy atom. The SMILES string of the molecule is O=C(Cc1ccc(Br)cc1)Nc1cccc(-c2nc3ccccc3s2)c1. The number of para-hydroxylation sites is 1. The van der Waals surface area contributed by atoms with Gasteiger partial charge in [0.2, 0.25) is 5.91 Å². The summed E-state index contributed by atoms with van der Waals surface area (Å²) in [6.07, 6.45) is 0.346. The maximum absolute atomic E-state index is 12.3. The summed E-state index contributed by atoms with van der Waals surface area (Å²) in [5.74, 6) is -0.0335. The molecule has 0 aliphatic rings. The first-order valence-corrected chi connectivity index (χ1v) is 9.79. The molecule has 1 aromatic heterocycles. The molecule has 0 spiro atoms. The molecule has 0 saturated carbocycles. The van der Waals surface area contributed by atoms with Gasteiger partial charge in [-0.1, -0.05) is 52.3 Å². The summed E-state index contributed by atoms with van der Waals surface area (Å²) in [6.45, 7) is 0. The molecule has 26 heavy (non-hydrogen) atoms. The van der Waals surface area contributed by atoms with Gasteiger partial charge in [0.1, 0.15) is 5.01 Å². The monoisotopic (exact) mass is 422 g/mol. The van der Waals surface area contributed by atoms with Gasteiger partial charge in [0.15, 0.2) is 0 Å². The quantitative estimate of drug-likeness (QED) is 0.444. The molecule has 4 rings (SSSR count). The van der Waals surface area contributed by atoms with E-state index in [0.29, 0.717) is 6.42 Å². The van der Waals surface area contributed by atoms with Crippen LogP contribution in [0.1, 0.15) is 5.56 Å². The summed E-state index contributed by atoms with van der Waals surface area (Å²) >= 11 is 5.06. The number of amides is 1. The van der Waals surface area contributed by atoms with E-state index in [9.17, 15) is 4.79 Å². The number of carbonyl (C=O) groups is 1. The van der Waals surface area contributed by atoms with Gasteiger partial charge in [-0.05, 0) is 42.0 Å². The number of rotatable bonds is 4. The van der Waals surface area contributed by atoms with Crippen molar-refractivity contribution in [3.05, 3.63) is 82.8 Å². The number of carbonyl (C=O) groups excluding carboxylic acids is 1. The molecule has 0 aliphatic heterocycles. The second-order valence-electron chi connectivity index (χ2n) is 5.92. The minimum atomic E-state index is -0.0335. The summed E-state index contributed by atoms with van der Waals surface area (Å²) < 4.78 is 2.16. The van der Waals surface area contributed by atoms with E-state index in [1.165, 1.54) is 0 Å². The molecule has 0 aliphatic carbocycles. The Balaban J connectivity index is 1.51. The van der Waals surface area contributed by atoms with E-state index in [1.54, 1.807) is 11.3 Å². The molecule has 4 aromatic rings. The van der Waals surface area contributed by atoms with Crippen LogP contribution in [0, 0.1) is 0 Å². The number of hydrogen-bond acceptors (Lipinski definition) is 3. The Kier molecular flexibility index (Phi) is 4.82. The highest BCUT2D eigenvalue weighted by Crippen LogP contribution is 2.31. The minimum absolute atomic E-state index is 0.0335. The first-order valence-electron chi connectivity index (χ1n) is 8.18. The lowest BCUT2D eigenvalue weighted by molar-refractivity contribution is -0.115. The fraction of sp³-hybridized carbons (Fsp3) is 0.0476. The number of hydrogen-bond donors (Lipinski definition) is 1. The highest BCUT2D eigenvalue weighted by Gasteiger charge is 2.08. The van der Waals surface area contributed by atoms with Crippen molar-refractivity contribution in [3.63, 3.8) is 0 Å². The van der Waals surface area contributed by atoms with E-state index in [-0.39, 0.29) is 5.91 Å². The van der Waals surface area contributed by atoms with Gasteiger partial charge in [-0.15, -0.1) is 11.3 Å². The third kappa shape index (κ3) is 3.84. The van der Waals surface area contributed by atoms with E-state index in [1.807, 2.05) is 66.7 Å². The van der Waals surface area contributed by atoms with Crippen molar-refractivity contribution in [2.45, 2.75) is 6.42 Å². The minimum Gasteiger partial charge on any atom is -0.326 e. The Morgan fingerprint density at radius 2 is 1.81 bits per heavy atom. The lowest BCUT2D eigenvalue weighted by Crippen LogP contribution is -2.14. The number of benzene rings is 3. The molecule has 1 heterocycles. The van der Waals surface area contributed by atoms with Crippen molar-refractivity contribution in [2.75, 3.05) is 5.32 Å². The largest absolute Gasteiger partial charge is 0.326 e. The fourth-order valence-electron chi connectivity index (χ4n) is 2.72. The first kappa shape index (κ1) is 16.9. The zero-order valence-corrected chi connectivity index (χ0v) is 16.2. The van der Waals surface area contributed by atoms with E-state index in [0.717, 1.165) is 36.5 Å². The number of halogens is 1. The van der Waals surface area contributed by atoms with Gasteiger partial charge in [-0.3, -0.25) is 4.79 Å². The van der Waals surface area contributed by atoms with Gasteiger partial charge in [0.25, 0.3) is 0 Å². The van der Waals surface area contributed by atoms with Crippen molar-refractivity contribution in [2.24, 2.45) is 0 Å². The number of aromatic nitrogens is 1. The normalized spacial score (nSPS) is 10.8. The first-order chi connectivity index (χ1) is 12.7. The predicted octanol–water partition coefficient (Wildman–Crippen LogP) is 5.91. The van der Waals surface area contributed by atoms with Crippen LogP contribution in [0.5, 0.6) is 0 Å². The molecule has 0 atom stereocenters. The van der Waals surface area contributed by atoms with Gasteiger partial charge in [-0.25, -0.2) is 4.98 Å². The zero-order valence-electron chi connectivity index (χ0n) is 13.8. The highest BCUT2D eigenvalue weighted by molar-refractivity contribution is 9.10. The zero-order chi connectivity index (χ0) is 17.9. The van der Waals surface area contributed by atoms with Crippen molar-refractivity contribution in [3.8, 4) is 10.6 Å². The van der Waals surface area contributed by atoms with Gasteiger partial charge in [0, 0.05) is 15.7 Å². The molecule has 0 fully saturated rings. The summed E-state index contributed by atoms with van der Waals surface area (Å²) in [5.41, 5.74) is 3.77. The number of nitrogens with one attached hydrogen (secondary N) is 1. The topological polar surface area (TPSA) is 42.0 Å². The lowest BCUT2D eigenvalue weighted by atomic mass is 10.1. The van der Waals surface area contributed by atoms with Crippen LogP contribution in [0.3, 0.4) is 0 Å². The van der Waals surface area contributed by atoms with Crippen molar-refractivity contribution < 1.29 is 4.79 Å². The third-order valence-electron chi connectivity index (χ3n) is 3.97. The molecular weight excluding hydrogens is 408 g/mol. The molecule has 3 nitrogen and oxygen atoms in total. The van der Waals surface area contributed by atoms with Gasteiger partial charge in [-0.2, -0.15) is 0 Å². The van der Waals surface area contributed by atoms with E-state index < -0.39 is 0 Å². The van der Waals surface area contributed by atoms with E-state index in [4.69, 9.17) is 0 Å². The van der Waals surface area contributed by atoms with Crippen LogP contribution in [0.2, 0.25) is 0 Å². The van der Waals surface area contributed by atoms with Gasteiger partial charge in [0.05, 0.1) is 16.6 Å². The Bertz CT molecular complexity index is 1040. The van der Waals surface area contributed by atoms with Crippen LogP contribution < -0.4 is 5.32 Å². The summed E-state index contributed by atoms with van der Waals surface area (Å²) in [7, 11) is 0. The molecule has 0 unspecified atom stereocenters. The number of anilines is 1. The Labute approximate surface area is 163 Å². The van der Waals surface area contributed by atoms with Gasteiger partial charge < -0.3 is 5.32 Å². The molecule has 0 bridgehead atoms. The molecule has 128 valence electrons. The van der Waals surface area contributed by atoms with Crippen molar-refractivity contribution in [1.29, 1.82) is 0 Å². The van der Waals surface area contributed by atoms with Crippen molar-refractivity contribution in [1.82, 2.24) is 4.98 Å². The average molecular weight is 423 g/mol. The second kappa shape index (κ2) is 7.40. The van der Waals surface area contributed by atoms with Crippen LogP contribution in [-0.4, -0.2) is 10.9 Å². The number of nitrogens with zero attached hydrogens (tertiary/aromatic N) is 1. The van der Waals surface area contributed by atoms with E-state index in [2.05, 4.69) is 32.3 Å². The Hall–Kier alpha value is -2.50. The van der Waals surface area contributed by atoms with Gasteiger partial charge >= 0.3 is 0 Å². The number of fused-ring (bicyclic) bond motifs is 1. The standard InChI is InChI=1S/C21H15BrN2OS/c22-16-10-8-14(9-11-16)12-20(25)23-17-5-3-4-15(13-17)21-24-18-6-1-2-7-19(18)26-21/h1-11,13H,12H2,(H,23,25). The van der Waals surface area contributed by atoms with Crippen LogP contribution in [0.25, 0.3) is 20.8 Å². The molecule has 1 amide bonds. The second-order valence-corrected chi connectivity index (χ2v) is 7.87. The summed E-state index contributed by atoms with van der Waals surface area (Å²) in [5, 5.41) is 3.93. The predicted molar refractivity (Wildman–Crippen MR) is 112 cm³/mol. The molecule has 0 radical (unpaired) electrons. The van der Waals surface area contributed by atoms with Crippen LogP contribution >= 0.6 is 27.3 Å².